The van der Waals surface area contributed by atoms with Crippen LogP contribution < -0.4 is 5.32 Å². The predicted molar refractivity (Wildman–Crippen MR) is 68.2 cm³/mol. The number of hydrogen-bond acceptors (Lipinski definition) is 5. The zero-order chi connectivity index (χ0) is 13.1. The van der Waals surface area contributed by atoms with Crippen LogP contribution in [0.3, 0.4) is 0 Å². The second-order valence-electron chi connectivity index (χ2n) is 4.22. The molecule has 6 nitrogen and oxygen atoms in total. The fraction of sp³-hybridized carbons (Fsp3) is 0.500. The largest absolute Gasteiger partial charge is 0.382 e. The number of nitrogens with one attached hydrogen (secondary N) is 1. The molecule has 0 atom stereocenters. The zero-order valence-corrected chi connectivity index (χ0v) is 11.4. The summed E-state index contributed by atoms with van der Waals surface area (Å²) in [5.41, 5.74) is -0.496. The van der Waals surface area contributed by atoms with Crippen LogP contribution >= 0.6 is 15.9 Å². The van der Waals surface area contributed by atoms with E-state index in [1.165, 1.54) is 12.3 Å². The second kappa shape index (κ2) is 5.42. The van der Waals surface area contributed by atoms with Crippen molar-refractivity contribution in [2.75, 3.05) is 19.0 Å². The second-order valence-corrected chi connectivity index (χ2v) is 5.14. The lowest BCUT2D eigenvalue weighted by Crippen LogP contribution is -2.36. The van der Waals surface area contributed by atoms with Crippen LogP contribution in [0.5, 0.6) is 0 Å². The summed E-state index contributed by atoms with van der Waals surface area (Å²) >= 11 is 3.16. The zero-order valence-electron chi connectivity index (χ0n) is 9.86. The summed E-state index contributed by atoms with van der Waals surface area (Å²) in [5.74, 6) is 0.236. The Hall–Kier alpha value is -1.21. The SMILES string of the molecule is COCC(C)(C)Nc1ncc(Br)cc1[N+](=O)[O-]. The standard InChI is InChI=1S/C10H14BrN3O3/c1-10(2,6-17-3)13-9-8(14(15)16)4-7(11)5-12-9/h4-5H,6H2,1-3H3,(H,12,13). The van der Waals surface area contributed by atoms with Crippen molar-refractivity contribution in [3.8, 4) is 0 Å². The highest BCUT2D eigenvalue weighted by Crippen LogP contribution is 2.27. The number of rotatable bonds is 5. The first-order valence-electron chi connectivity index (χ1n) is 4.93. The van der Waals surface area contributed by atoms with E-state index in [1.807, 2.05) is 13.8 Å². The van der Waals surface area contributed by atoms with Crippen molar-refractivity contribution < 1.29 is 9.66 Å². The van der Waals surface area contributed by atoms with Crippen molar-refractivity contribution >= 4 is 27.4 Å². The Labute approximate surface area is 108 Å². The average Bonchev–Trinajstić information content (AvgIpc) is 2.20. The van der Waals surface area contributed by atoms with E-state index >= 15 is 0 Å². The van der Waals surface area contributed by atoms with Gasteiger partial charge >= 0.3 is 5.69 Å². The van der Waals surface area contributed by atoms with Crippen LogP contribution in [0.25, 0.3) is 0 Å². The Kier molecular flexibility index (Phi) is 4.41. The molecule has 0 fully saturated rings. The normalized spacial score (nSPS) is 11.3. The molecule has 1 N–H and O–H groups in total. The van der Waals surface area contributed by atoms with Gasteiger partial charge in [0.1, 0.15) is 0 Å². The van der Waals surface area contributed by atoms with E-state index in [0.717, 1.165) is 0 Å². The number of aromatic nitrogens is 1. The first kappa shape index (κ1) is 13.9. The summed E-state index contributed by atoms with van der Waals surface area (Å²) in [5, 5.41) is 13.9. The van der Waals surface area contributed by atoms with Gasteiger partial charge < -0.3 is 10.1 Å². The molecule has 1 aromatic rings. The van der Waals surface area contributed by atoms with Crippen molar-refractivity contribution in [3.63, 3.8) is 0 Å². The molecule has 0 aromatic carbocycles. The molecule has 1 rings (SSSR count). The minimum absolute atomic E-state index is 0.0662. The molecule has 0 aliphatic carbocycles. The summed E-state index contributed by atoms with van der Waals surface area (Å²) in [6.45, 7) is 4.18. The molecule has 0 saturated heterocycles. The molecule has 0 saturated carbocycles. The number of nitrogens with zero attached hydrogens (tertiary/aromatic N) is 2. The van der Waals surface area contributed by atoms with Gasteiger partial charge in [0.05, 0.1) is 17.1 Å². The van der Waals surface area contributed by atoms with Gasteiger partial charge in [-0.2, -0.15) is 0 Å². The average molecular weight is 304 g/mol. The van der Waals surface area contributed by atoms with Gasteiger partial charge in [-0.15, -0.1) is 0 Å². The molecule has 0 spiro atoms. The van der Waals surface area contributed by atoms with E-state index in [4.69, 9.17) is 4.74 Å². The smallest absolute Gasteiger partial charge is 0.312 e. The highest BCUT2D eigenvalue weighted by atomic mass is 79.9. The highest BCUT2D eigenvalue weighted by molar-refractivity contribution is 9.10. The predicted octanol–water partition coefficient (Wildman–Crippen LogP) is 2.59. The fourth-order valence-corrected chi connectivity index (χ4v) is 1.70. The lowest BCUT2D eigenvalue weighted by molar-refractivity contribution is -0.384. The fourth-order valence-electron chi connectivity index (χ4n) is 1.38. The molecular formula is C10H14BrN3O3. The monoisotopic (exact) mass is 303 g/mol. The van der Waals surface area contributed by atoms with E-state index < -0.39 is 10.5 Å². The molecule has 0 amide bonds. The molecule has 0 aliphatic rings. The third-order valence-electron chi connectivity index (χ3n) is 1.99. The first-order chi connectivity index (χ1) is 7.85. The van der Waals surface area contributed by atoms with Crippen LogP contribution in [0.2, 0.25) is 0 Å². The maximum absolute atomic E-state index is 10.9. The Morgan fingerprint density at radius 2 is 2.29 bits per heavy atom. The molecule has 0 bridgehead atoms. The van der Waals surface area contributed by atoms with Gasteiger partial charge in [0.15, 0.2) is 0 Å². The van der Waals surface area contributed by atoms with Crippen molar-refractivity contribution in [2.45, 2.75) is 19.4 Å². The number of hydrogen-bond donors (Lipinski definition) is 1. The van der Waals surface area contributed by atoms with Gasteiger partial charge in [-0.05, 0) is 29.8 Å². The van der Waals surface area contributed by atoms with Gasteiger partial charge in [0.25, 0.3) is 0 Å². The molecule has 1 heterocycles. The van der Waals surface area contributed by atoms with Crippen LogP contribution in [0.1, 0.15) is 13.8 Å². The van der Waals surface area contributed by atoms with E-state index in [9.17, 15) is 10.1 Å². The molecule has 7 heteroatoms. The van der Waals surface area contributed by atoms with Crippen LogP contribution in [0.4, 0.5) is 11.5 Å². The van der Waals surface area contributed by atoms with E-state index in [1.54, 1.807) is 7.11 Å². The van der Waals surface area contributed by atoms with Gasteiger partial charge in [0, 0.05) is 23.8 Å². The first-order valence-corrected chi connectivity index (χ1v) is 5.72. The van der Waals surface area contributed by atoms with Crippen molar-refractivity contribution in [1.29, 1.82) is 0 Å². The Morgan fingerprint density at radius 3 is 2.82 bits per heavy atom. The molecule has 0 unspecified atom stereocenters. The minimum Gasteiger partial charge on any atom is -0.382 e. The number of pyridine rings is 1. The van der Waals surface area contributed by atoms with Gasteiger partial charge in [0.2, 0.25) is 5.82 Å². The van der Waals surface area contributed by atoms with Crippen LogP contribution in [0, 0.1) is 10.1 Å². The summed E-state index contributed by atoms with van der Waals surface area (Å²) < 4.78 is 5.60. The summed E-state index contributed by atoms with van der Waals surface area (Å²) in [4.78, 5) is 14.4. The van der Waals surface area contributed by atoms with Crippen LogP contribution in [-0.2, 0) is 4.74 Å². The number of nitro groups is 1. The van der Waals surface area contributed by atoms with Crippen LogP contribution in [0.15, 0.2) is 16.7 Å². The van der Waals surface area contributed by atoms with Crippen LogP contribution in [-0.4, -0.2) is 29.2 Å². The van der Waals surface area contributed by atoms with E-state index in [0.29, 0.717) is 11.1 Å². The molecule has 94 valence electrons. The Balaban J connectivity index is 3.02. The van der Waals surface area contributed by atoms with E-state index in [-0.39, 0.29) is 11.5 Å². The van der Waals surface area contributed by atoms with Gasteiger partial charge in [-0.1, -0.05) is 0 Å². The highest BCUT2D eigenvalue weighted by Gasteiger charge is 2.23. The van der Waals surface area contributed by atoms with Gasteiger partial charge in [-0.25, -0.2) is 4.98 Å². The van der Waals surface area contributed by atoms with E-state index in [2.05, 4.69) is 26.2 Å². The quantitative estimate of drug-likeness (QED) is 0.668. The molecular weight excluding hydrogens is 290 g/mol. The molecule has 17 heavy (non-hydrogen) atoms. The lowest BCUT2D eigenvalue weighted by atomic mass is 10.1. The molecule has 0 aliphatic heterocycles. The van der Waals surface area contributed by atoms with Crippen molar-refractivity contribution in [3.05, 3.63) is 26.9 Å². The molecule has 0 radical (unpaired) electrons. The molecule has 1 aromatic heterocycles. The Morgan fingerprint density at radius 1 is 1.65 bits per heavy atom. The third-order valence-corrected chi connectivity index (χ3v) is 2.43. The summed E-state index contributed by atoms with van der Waals surface area (Å²) in [7, 11) is 1.58. The lowest BCUT2D eigenvalue weighted by Gasteiger charge is -2.25. The summed E-state index contributed by atoms with van der Waals surface area (Å²) in [6.07, 6.45) is 1.51. The Bertz CT molecular complexity index is 423. The third kappa shape index (κ3) is 3.94. The van der Waals surface area contributed by atoms with Crippen molar-refractivity contribution in [1.82, 2.24) is 4.98 Å². The summed E-state index contributed by atoms with van der Waals surface area (Å²) in [6, 6.07) is 1.41. The topological polar surface area (TPSA) is 77.3 Å². The van der Waals surface area contributed by atoms with Gasteiger partial charge in [-0.3, -0.25) is 10.1 Å². The minimum atomic E-state index is -0.469. The number of halogens is 1. The number of ether oxygens (including phenoxy) is 1. The van der Waals surface area contributed by atoms with Crippen molar-refractivity contribution in [2.24, 2.45) is 0 Å². The maximum Gasteiger partial charge on any atom is 0.312 e. The number of methoxy groups -OCH3 is 1. The maximum atomic E-state index is 10.9. The number of anilines is 1.